The third-order valence-corrected chi connectivity index (χ3v) is 5.39. The number of methoxy groups -OCH3 is 1. The Morgan fingerprint density at radius 2 is 2.13 bits per heavy atom. The third-order valence-electron chi connectivity index (χ3n) is 5.39. The first-order chi connectivity index (χ1) is 11.3. The van der Waals surface area contributed by atoms with Crippen molar-refractivity contribution in [3.8, 4) is 0 Å². The van der Waals surface area contributed by atoms with E-state index in [0.29, 0.717) is 5.92 Å². The normalized spacial score (nSPS) is 23.3. The molecular weight excluding hydrogens is 288 g/mol. The predicted octanol–water partition coefficient (Wildman–Crippen LogP) is 1.97. The van der Waals surface area contributed by atoms with E-state index in [9.17, 15) is 4.79 Å². The first-order valence-electron chi connectivity index (χ1n) is 8.62. The number of amides is 1. The zero-order valence-electron chi connectivity index (χ0n) is 13.7. The summed E-state index contributed by atoms with van der Waals surface area (Å²) in [6.45, 7) is 4.84. The average Bonchev–Trinajstić information content (AvgIpc) is 3.05. The van der Waals surface area contributed by atoms with Gasteiger partial charge in [-0.1, -0.05) is 6.08 Å². The van der Waals surface area contributed by atoms with Gasteiger partial charge in [0.15, 0.2) is 0 Å². The minimum Gasteiger partial charge on any atom is -0.383 e. The molecule has 1 heterocycles. The molecule has 23 heavy (non-hydrogen) atoms. The number of nitrogens with one attached hydrogen (secondary N) is 1. The molecule has 4 aliphatic rings. The molecule has 122 valence electrons. The van der Waals surface area contributed by atoms with E-state index in [2.05, 4.69) is 22.4 Å². The monoisotopic (exact) mass is 312 g/mol. The second-order valence-corrected chi connectivity index (χ2v) is 6.89. The fourth-order valence-electron chi connectivity index (χ4n) is 3.80. The number of carbonyl (C=O) groups is 1. The molecule has 0 unspecified atom stereocenters. The summed E-state index contributed by atoms with van der Waals surface area (Å²) < 4.78 is 5.13. The van der Waals surface area contributed by atoms with Gasteiger partial charge in [-0.3, -0.25) is 4.79 Å². The number of hydrogen-bond acceptors (Lipinski definition) is 3. The standard InChI is InChI=1S/C19H24N2O2/c1-23-9-8-21-6-4-13(5-7-21)12-20-19(22)16-3-2-15-17-10-14(17)11-18(15)16/h2-3,11,13H,4-10,12H2,1H3,(H,20,22). The van der Waals surface area contributed by atoms with Gasteiger partial charge in [-0.05, 0) is 72.7 Å². The molecule has 0 bridgehead atoms. The largest absolute Gasteiger partial charge is 0.383 e. The fourth-order valence-corrected chi connectivity index (χ4v) is 3.80. The lowest BCUT2D eigenvalue weighted by molar-refractivity contribution is -0.117. The van der Waals surface area contributed by atoms with Crippen LogP contribution in [0, 0.1) is 5.92 Å². The maximum atomic E-state index is 12.5. The van der Waals surface area contributed by atoms with Gasteiger partial charge in [0, 0.05) is 25.8 Å². The van der Waals surface area contributed by atoms with Gasteiger partial charge in [0.2, 0.25) is 0 Å². The molecule has 0 atom stereocenters. The molecule has 0 aromatic heterocycles. The molecule has 0 aromatic carbocycles. The van der Waals surface area contributed by atoms with E-state index in [1.54, 1.807) is 7.11 Å². The highest BCUT2D eigenvalue weighted by molar-refractivity contribution is 6.01. The summed E-state index contributed by atoms with van der Waals surface area (Å²) in [4.78, 5) is 14.9. The van der Waals surface area contributed by atoms with Crippen molar-refractivity contribution in [1.29, 1.82) is 0 Å². The quantitative estimate of drug-likeness (QED) is 0.815. The van der Waals surface area contributed by atoms with Crippen molar-refractivity contribution in [1.82, 2.24) is 10.2 Å². The van der Waals surface area contributed by atoms with Crippen LogP contribution in [0.2, 0.25) is 0 Å². The van der Waals surface area contributed by atoms with Gasteiger partial charge in [-0.25, -0.2) is 0 Å². The van der Waals surface area contributed by atoms with E-state index in [1.807, 2.05) is 6.08 Å². The number of ether oxygens (including phenoxy) is 1. The number of hydrogen-bond donors (Lipinski definition) is 1. The maximum Gasteiger partial charge on any atom is 0.251 e. The zero-order chi connectivity index (χ0) is 15.8. The van der Waals surface area contributed by atoms with Crippen molar-refractivity contribution >= 4 is 5.91 Å². The van der Waals surface area contributed by atoms with E-state index in [4.69, 9.17) is 4.74 Å². The highest BCUT2D eigenvalue weighted by Crippen LogP contribution is 2.51. The lowest BCUT2D eigenvalue weighted by atomic mass is 9.96. The van der Waals surface area contributed by atoms with E-state index in [-0.39, 0.29) is 5.91 Å². The Labute approximate surface area is 137 Å². The van der Waals surface area contributed by atoms with Crippen molar-refractivity contribution in [3.63, 3.8) is 0 Å². The van der Waals surface area contributed by atoms with Crippen molar-refractivity contribution in [3.05, 3.63) is 46.1 Å². The first kappa shape index (κ1) is 14.9. The molecule has 2 fully saturated rings. The number of allylic oxidation sites excluding steroid dienone is 6. The summed E-state index contributed by atoms with van der Waals surface area (Å²) in [6, 6.07) is 0. The zero-order valence-corrected chi connectivity index (χ0v) is 13.7. The van der Waals surface area contributed by atoms with Crippen LogP contribution in [-0.4, -0.2) is 50.7 Å². The van der Waals surface area contributed by atoms with Crippen LogP contribution in [0.15, 0.2) is 46.1 Å². The molecule has 1 aliphatic heterocycles. The van der Waals surface area contributed by atoms with Gasteiger partial charge < -0.3 is 15.0 Å². The number of likely N-dealkylation sites (tertiary alicyclic amines) is 1. The number of nitrogens with zero attached hydrogens (tertiary/aromatic N) is 1. The Morgan fingerprint density at radius 3 is 2.91 bits per heavy atom. The SMILES string of the molecule is COCCN1CCC(CNC(=O)C2=C3C=C4CC4=C3C=C2)CC1. The highest BCUT2D eigenvalue weighted by Gasteiger charge is 2.35. The fraction of sp³-hybridized carbons (Fsp3) is 0.526. The van der Waals surface area contributed by atoms with Gasteiger partial charge in [0.25, 0.3) is 5.91 Å². The van der Waals surface area contributed by atoms with Gasteiger partial charge in [-0.15, -0.1) is 0 Å². The molecule has 3 aliphatic carbocycles. The Bertz CT molecular complexity index is 646. The number of carbonyl (C=O) groups excluding carboxylic acids is 1. The molecule has 4 nitrogen and oxygen atoms in total. The maximum absolute atomic E-state index is 12.5. The lowest BCUT2D eigenvalue weighted by Crippen LogP contribution is -2.40. The van der Waals surface area contributed by atoms with Crippen molar-refractivity contribution < 1.29 is 9.53 Å². The average molecular weight is 312 g/mol. The van der Waals surface area contributed by atoms with Crippen molar-refractivity contribution in [2.24, 2.45) is 5.92 Å². The Kier molecular flexibility index (Phi) is 3.95. The summed E-state index contributed by atoms with van der Waals surface area (Å²) in [5.74, 6) is 0.689. The van der Waals surface area contributed by atoms with Gasteiger partial charge >= 0.3 is 0 Å². The van der Waals surface area contributed by atoms with Gasteiger partial charge in [0.1, 0.15) is 0 Å². The summed E-state index contributed by atoms with van der Waals surface area (Å²) in [5, 5.41) is 3.15. The minimum absolute atomic E-state index is 0.0896. The van der Waals surface area contributed by atoms with Crippen LogP contribution < -0.4 is 5.32 Å². The second-order valence-electron chi connectivity index (χ2n) is 6.89. The van der Waals surface area contributed by atoms with Crippen LogP contribution in [-0.2, 0) is 9.53 Å². The van der Waals surface area contributed by atoms with Crippen LogP contribution in [0.3, 0.4) is 0 Å². The van der Waals surface area contributed by atoms with Crippen molar-refractivity contribution in [2.45, 2.75) is 19.3 Å². The number of rotatable bonds is 6. The molecule has 1 amide bonds. The molecule has 4 heteroatoms. The number of fused-ring (bicyclic) bond motifs is 2. The smallest absolute Gasteiger partial charge is 0.251 e. The van der Waals surface area contributed by atoms with Gasteiger partial charge in [0.05, 0.1) is 6.61 Å². The van der Waals surface area contributed by atoms with E-state index < -0.39 is 0 Å². The molecular formula is C19H24N2O2. The number of piperidine rings is 1. The third kappa shape index (κ3) is 2.93. The molecule has 1 saturated heterocycles. The van der Waals surface area contributed by atoms with Crippen LogP contribution in [0.1, 0.15) is 19.3 Å². The summed E-state index contributed by atoms with van der Waals surface area (Å²) >= 11 is 0. The summed E-state index contributed by atoms with van der Waals surface area (Å²) in [5.41, 5.74) is 6.16. The Balaban J connectivity index is 1.26. The van der Waals surface area contributed by atoms with Crippen LogP contribution in [0.4, 0.5) is 0 Å². The Hall–Kier alpha value is -1.65. The molecule has 0 spiro atoms. The van der Waals surface area contributed by atoms with Crippen molar-refractivity contribution in [2.75, 3.05) is 39.9 Å². The molecule has 1 saturated carbocycles. The summed E-state index contributed by atoms with van der Waals surface area (Å²) in [6.07, 6.45) is 9.71. The van der Waals surface area contributed by atoms with Crippen LogP contribution >= 0.6 is 0 Å². The topological polar surface area (TPSA) is 41.6 Å². The second kappa shape index (κ2) is 6.10. The van der Waals surface area contributed by atoms with Crippen LogP contribution in [0.25, 0.3) is 0 Å². The highest BCUT2D eigenvalue weighted by atomic mass is 16.5. The van der Waals surface area contributed by atoms with Crippen LogP contribution in [0.5, 0.6) is 0 Å². The lowest BCUT2D eigenvalue weighted by Gasteiger charge is -2.31. The Morgan fingerprint density at radius 1 is 1.30 bits per heavy atom. The van der Waals surface area contributed by atoms with E-state index in [1.165, 1.54) is 16.7 Å². The van der Waals surface area contributed by atoms with Gasteiger partial charge in [-0.2, -0.15) is 0 Å². The molecule has 4 rings (SSSR count). The minimum atomic E-state index is 0.0896. The van der Waals surface area contributed by atoms with E-state index in [0.717, 1.165) is 63.2 Å². The molecule has 1 N–H and O–H groups in total. The predicted molar refractivity (Wildman–Crippen MR) is 89.9 cm³/mol. The first-order valence-corrected chi connectivity index (χ1v) is 8.62. The molecule has 0 aromatic rings. The summed E-state index contributed by atoms with van der Waals surface area (Å²) in [7, 11) is 1.75. The van der Waals surface area contributed by atoms with E-state index >= 15 is 0 Å². The molecule has 0 radical (unpaired) electrons.